The van der Waals surface area contributed by atoms with E-state index >= 15 is 0 Å². The van der Waals surface area contributed by atoms with Crippen molar-refractivity contribution in [3.8, 4) is 0 Å². The SMILES string of the molecule is CC1(C(=O)O)CCC(C(=O)O)C1(C)C.[Zn]. The molecule has 0 aromatic rings. The monoisotopic (exact) mass is 264 g/mol. The van der Waals surface area contributed by atoms with Crippen molar-refractivity contribution in [1.82, 2.24) is 0 Å². The van der Waals surface area contributed by atoms with Gasteiger partial charge in [-0.3, -0.25) is 9.59 Å². The molecule has 0 spiro atoms. The third-order valence-corrected chi connectivity index (χ3v) is 4.00. The van der Waals surface area contributed by atoms with E-state index in [1.807, 2.05) is 0 Å². The smallest absolute Gasteiger partial charge is 0.309 e. The zero-order chi connectivity index (χ0) is 11.1. The van der Waals surface area contributed by atoms with Gasteiger partial charge in [0, 0.05) is 19.5 Å². The molecule has 1 aliphatic rings. The van der Waals surface area contributed by atoms with E-state index in [-0.39, 0.29) is 19.5 Å². The van der Waals surface area contributed by atoms with Crippen LogP contribution >= 0.6 is 0 Å². The first kappa shape index (κ1) is 14.6. The van der Waals surface area contributed by atoms with Gasteiger partial charge in [0.05, 0.1) is 11.3 Å². The van der Waals surface area contributed by atoms with Gasteiger partial charge in [-0.25, -0.2) is 0 Å². The number of carboxylic acids is 2. The fourth-order valence-electron chi connectivity index (χ4n) is 2.32. The number of aliphatic carboxylic acids is 2. The molecule has 0 aromatic heterocycles. The predicted molar refractivity (Wildman–Crippen MR) is 49.9 cm³/mol. The van der Waals surface area contributed by atoms with Crippen LogP contribution in [0.4, 0.5) is 0 Å². The summed E-state index contributed by atoms with van der Waals surface area (Å²) in [5, 5.41) is 18.1. The van der Waals surface area contributed by atoms with Crippen LogP contribution in [0, 0.1) is 16.7 Å². The van der Waals surface area contributed by atoms with Crippen LogP contribution in [0.15, 0.2) is 0 Å². The third kappa shape index (κ3) is 1.94. The summed E-state index contributed by atoms with van der Waals surface area (Å²) in [5.41, 5.74) is -1.61. The second-order valence-corrected chi connectivity index (χ2v) is 4.79. The molecule has 2 N–H and O–H groups in total. The van der Waals surface area contributed by atoms with E-state index < -0.39 is 28.7 Å². The zero-order valence-corrected chi connectivity index (χ0v) is 12.4. The molecule has 15 heavy (non-hydrogen) atoms. The molecule has 4 nitrogen and oxygen atoms in total. The van der Waals surface area contributed by atoms with Gasteiger partial charge in [-0.1, -0.05) is 13.8 Å². The van der Waals surface area contributed by atoms with Gasteiger partial charge in [0.15, 0.2) is 0 Å². The van der Waals surface area contributed by atoms with Gasteiger partial charge in [-0.2, -0.15) is 0 Å². The normalized spacial score (nSPS) is 33.1. The summed E-state index contributed by atoms with van der Waals surface area (Å²) in [4.78, 5) is 22.0. The molecule has 0 saturated heterocycles. The van der Waals surface area contributed by atoms with E-state index in [0.29, 0.717) is 12.8 Å². The quantitative estimate of drug-likeness (QED) is 0.744. The predicted octanol–water partition coefficient (Wildman–Crippen LogP) is 1.60. The van der Waals surface area contributed by atoms with Crippen LogP contribution in [0.5, 0.6) is 0 Å². The first-order valence-corrected chi connectivity index (χ1v) is 4.69. The summed E-state index contributed by atoms with van der Waals surface area (Å²) < 4.78 is 0. The summed E-state index contributed by atoms with van der Waals surface area (Å²) >= 11 is 0. The molecule has 1 rings (SSSR count). The Morgan fingerprint density at radius 2 is 1.67 bits per heavy atom. The van der Waals surface area contributed by atoms with Crippen LogP contribution in [-0.4, -0.2) is 22.2 Å². The van der Waals surface area contributed by atoms with E-state index in [1.54, 1.807) is 20.8 Å². The second-order valence-electron chi connectivity index (χ2n) is 4.79. The molecular formula is C10H16O4Zn. The third-order valence-electron chi connectivity index (χ3n) is 4.00. The molecule has 0 bridgehead atoms. The van der Waals surface area contributed by atoms with Gasteiger partial charge in [-0.15, -0.1) is 0 Å². The van der Waals surface area contributed by atoms with Gasteiger partial charge >= 0.3 is 11.9 Å². The Morgan fingerprint density at radius 1 is 1.20 bits per heavy atom. The molecule has 5 heteroatoms. The van der Waals surface area contributed by atoms with Crippen LogP contribution in [0.1, 0.15) is 33.6 Å². The summed E-state index contributed by atoms with van der Waals surface area (Å²) in [5.74, 6) is -2.34. The van der Waals surface area contributed by atoms with Crippen LogP contribution < -0.4 is 0 Å². The fraction of sp³-hybridized carbons (Fsp3) is 0.800. The molecule has 0 aromatic carbocycles. The van der Waals surface area contributed by atoms with Crippen molar-refractivity contribution in [3.63, 3.8) is 0 Å². The largest absolute Gasteiger partial charge is 0.481 e. The van der Waals surface area contributed by atoms with Crippen LogP contribution in [0.3, 0.4) is 0 Å². The van der Waals surface area contributed by atoms with Crippen molar-refractivity contribution in [3.05, 3.63) is 0 Å². The Bertz CT molecular complexity index is 287. The summed E-state index contributed by atoms with van der Waals surface area (Å²) in [6.07, 6.45) is 0.886. The van der Waals surface area contributed by atoms with Gasteiger partial charge in [0.2, 0.25) is 0 Å². The first-order valence-electron chi connectivity index (χ1n) is 4.69. The average Bonchev–Trinajstić information content (AvgIpc) is 2.24. The topological polar surface area (TPSA) is 74.6 Å². The molecule has 0 heterocycles. The van der Waals surface area contributed by atoms with E-state index in [1.165, 1.54) is 0 Å². The number of carboxylic acid groups (broad SMARTS) is 2. The number of hydrogen-bond acceptors (Lipinski definition) is 2. The van der Waals surface area contributed by atoms with Crippen LogP contribution in [0.2, 0.25) is 0 Å². The summed E-state index contributed by atoms with van der Waals surface area (Å²) in [6.45, 7) is 5.10. The zero-order valence-electron chi connectivity index (χ0n) is 9.41. The van der Waals surface area contributed by atoms with Crippen molar-refractivity contribution >= 4 is 11.9 Å². The number of rotatable bonds is 2. The standard InChI is InChI=1S/C10H16O4.Zn/c1-9(2)6(7(11)12)4-5-10(9,3)8(13)14;/h6H,4-5H2,1-3H3,(H,11,12)(H,13,14);. The van der Waals surface area contributed by atoms with Crippen LogP contribution in [-0.2, 0) is 29.1 Å². The Labute approximate surface area is 102 Å². The van der Waals surface area contributed by atoms with Crippen molar-refractivity contribution < 1.29 is 39.3 Å². The average molecular weight is 266 g/mol. The molecular weight excluding hydrogens is 249 g/mol. The minimum Gasteiger partial charge on any atom is -0.481 e. The maximum absolute atomic E-state index is 11.1. The van der Waals surface area contributed by atoms with Crippen molar-refractivity contribution in [2.24, 2.45) is 16.7 Å². The van der Waals surface area contributed by atoms with Gasteiger partial charge in [-0.05, 0) is 25.2 Å². The van der Waals surface area contributed by atoms with E-state index in [4.69, 9.17) is 10.2 Å². The second kappa shape index (κ2) is 4.21. The minimum atomic E-state index is -0.921. The van der Waals surface area contributed by atoms with E-state index in [9.17, 15) is 9.59 Å². The first-order chi connectivity index (χ1) is 6.23. The van der Waals surface area contributed by atoms with Crippen molar-refractivity contribution in [2.45, 2.75) is 33.6 Å². The number of hydrogen-bond donors (Lipinski definition) is 2. The van der Waals surface area contributed by atoms with Gasteiger partial charge < -0.3 is 10.2 Å². The van der Waals surface area contributed by atoms with Crippen molar-refractivity contribution in [1.29, 1.82) is 0 Å². The molecule has 1 saturated carbocycles. The molecule has 2 atom stereocenters. The maximum atomic E-state index is 11.1. The van der Waals surface area contributed by atoms with Gasteiger partial charge in [0.25, 0.3) is 0 Å². The molecule has 0 amide bonds. The number of carbonyl (C=O) groups is 2. The minimum absolute atomic E-state index is 0. The molecule has 82 valence electrons. The molecule has 2 unspecified atom stereocenters. The maximum Gasteiger partial charge on any atom is 0.309 e. The Hall–Kier alpha value is -0.437. The van der Waals surface area contributed by atoms with Crippen molar-refractivity contribution in [2.75, 3.05) is 0 Å². The summed E-state index contributed by atoms with van der Waals surface area (Å²) in [7, 11) is 0. The Balaban J connectivity index is 0.00000196. The molecule has 1 aliphatic carbocycles. The van der Waals surface area contributed by atoms with E-state index in [0.717, 1.165) is 0 Å². The molecule has 0 radical (unpaired) electrons. The molecule has 1 fully saturated rings. The van der Waals surface area contributed by atoms with Gasteiger partial charge in [0.1, 0.15) is 0 Å². The molecule has 0 aliphatic heterocycles. The Kier molecular flexibility index (Phi) is 4.08. The Morgan fingerprint density at radius 3 is 1.87 bits per heavy atom. The van der Waals surface area contributed by atoms with E-state index in [2.05, 4.69) is 0 Å². The van der Waals surface area contributed by atoms with Crippen LogP contribution in [0.25, 0.3) is 0 Å². The summed E-state index contributed by atoms with van der Waals surface area (Å²) in [6, 6.07) is 0. The fourth-order valence-corrected chi connectivity index (χ4v) is 2.32.